The summed E-state index contributed by atoms with van der Waals surface area (Å²) >= 11 is 0. The summed E-state index contributed by atoms with van der Waals surface area (Å²) in [6.45, 7) is 12.2. The van der Waals surface area contributed by atoms with Crippen LogP contribution in [0, 0.1) is 20.8 Å². The van der Waals surface area contributed by atoms with Crippen molar-refractivity contribution in [2.75, 3.05) is 44.0 Å². The lowest BCUT2D eigenvalue weighted by molar-refractivity contribution is 0.0845. The molecule has 0 aliphatic carbocycles. The lowest BCUT2D eigenvalue weighted by atomic mass is 9.85. The fourth-order valence-electron chi connectivity index (χ4n) is 6.95. The first-order valence-electron chi connectivity index (χ1n) is 16.2. The van der Waals surface area contributed by atoms with Crippen LogP contribution in [0.2, 0.25) is 0 Å². The van der Waals surface area contributed by atoms with Gasteiger partial charge in [0.1, 0.15) is 0 Å². The van der Waals surface area contributed by atoms with Gasteiger partial charge in [-0.2, -0.15) is 0 Å². The molecule has 2 N–H and O–H groups in total. The zero-order valence-electron chi connectivity index (χ0n) is 26.8. The van der Waals surface area contributed by atoms with Gasteiger partial charge in [0.05, 0.1) is 0 Å². The molecule has 8 heteroatoms. The molecule has 2 aliphatic rings. The van der Waals surface area contributed by atoms with Crippen molar-refractivity contribution in [1.29, 1.82) is 0 Å². The maximum Gasteiger partial charge on any atom is 0.253 e. The van der Waals surface area contributed by atoms with Crippen molar-refractivity contribution in [1.82, 2.24) is 10.3 Å². The summed E-state index contributed by atoms with van der Waals surface area (Å²) in [4.78, 5) is 31.9. The van der Waals surface area contributed by atoms with E-state index in [-0.39, 0.29) is 18.0 Å². The zero-order valence-corrected chi connectivity index (χ0v) is 27.9. The quantitative estimate of drug-likeness (QED) is 0.264. The van der Waals surface area contributed by atoms with E-state index in [4.69, 9.17) is 9.47 Å². The van der Waals surface area contributed by atoms with E-state index in [9.17, 15) is 9.59 Å². The molecule has 236 valence electrons. The number of aromatic amines is 1. The second-order valence-electron chi connectivity index (χ2n) is 12.3. The lowest BCUT2D eigenvalue weighted by Gasteiger charge is -2.37. The Morgan fingerprint density at radius 2 is 1.68 bits per heavy atom. The Bertz CT molecular complexity index is 1520. The maximum atomic E-state index is 13.9. The highest BCUT2D eigenvalue weighted by Gasteiger charge is 2.26. The van der Waals surface area contributed by atoms with Gasteiger partial charge >= 0.3 is 0 Å². The Hall–Kier alpha value is -2.99. The van der Waals surface area contributed by atoms with Crippen LogP contribution in [0.5, 0.6) is 0 Å². The van der Waals surface area contributed by atoms with Crippen LogP contribution in [0.25, 0.3) is 11.1 Å². The van der Waals surface area contributed by atoms with Crippen LogP contribution in [0.4, 0.5) is 5.69 Å². The molecule has 2 aliphatic heterocycles. The molecule has 0 bridgehead atoms. The first-order valence-corrected chi connectivity index (χ1v) is 17.0. The highest BCUT2D eigenvalue weighted by atomic mass is 31.0. The number of nitrogens with zero attached hydrogens (tertiary/aromatic N) is 1. The predicted molar refractivity (Wildman–Crippen MR) is 182 cm³/mol. The maximum absolute atomic E-state index is 13.9. The van der Waals surface area contributed by atoms with Crippen molar-refractivity contribution >= 4 is 20.8 Å². The molecule has 1 aromatic heterocycles. The summed E-state index contributed by atoms with van der Waals surface area (Å²) in [6.07, 6.45) is 6.03. The van der Waals surface area contributed by atoms with Gasteiger partial charge in [0.2, 0.25) is 0 Å². The topological polar surface area (TPSA) is 83.7 Å². The standard InChI is InChI=1S/C36H48N3O4P/c1-5-39(30-10-15-43-16-11-30)34-21-29(27-6-7-31(28(19-27)12-17-44)26-8-13-42-14-9-26)20-32(25(34)4)35(40)37-22-33-23(2)18-24(3)38-36(33)41/h6-7,18-21,26,30H,5,8-17,22,44H2,1-4H3,(H,37,40)(H,38,41). The molecule has 0 radical (unpaired) electrons. The van der Waals surface area contributed by atoms with Crippen LogP contribution >= 0.6 is 9.24 Å². The summed E-state index contributed by atoms with van der Waals surface area (Å²) < 4.78 is 11.3. The van der Waals surface area contributed by atoms with E-state index in [2.05, 4.69) is 55.6 Å². The van der Waals surface area contributed by atoms with E-state index in [1.54, 1.807) is 0 Å². The van der Waals surface area contributed by atoms with E-state index in [1.165, 1.54) is 11.1 Å². The minimum atomic E-state index is -0.169. The summed E-state index contributed by atoms with van der Waals surface area (Å²) in [7, 11) is 2.88. The number of hydrogen-bond acceptors (Lipinski definition) is 5. The van der Waals surface area contributed by atoms with Gasteiger partial charge in [0, 0.05) is 68.1 Å². The second-order valence-corrected chi connectivity index (χ2v) is 12.8. The van der Waals surface area contributed by atoms with Crippen molar-refractivity contribution in [2.45, 2.75) is 78.3 Å². The number of hydrogen-bond donors (Lipinski definition) is 2. The number of carbonyl (C=O) groups excluding carboxylic acids is 1. The third-order valence-electron chi connectivity index (χ3n) is 9.38. The molecule has 2 aromatic carbocycles. The molecule has 2 fully saturated rings. The van der Waals surface area contributed by atoms with E-state index in [0.717, 1.165) is 105 Å². The number of nitrogens with one attached hydrogen (secondary N) is 2. The minimum Gasteiger partial charge on any atom is -0.381 e. The van der Waals surface area contributed by atoms with Crippen LogP contribution in [0.3, 0.4) is 0 Å². The molecule has 1 amide bonds. The molecule has 3 aromatic rings. The normalized spacial score (nSPS) is 16.2. The Labute approximate surface area is 264 Å². The molecule has 7 nitrogen and oxygen atoms in total. The minimum absolute atomic E-state index is 0.156. The summed E-state index contributed by atoms with van der Waals surface area (Å²) in [5.74, 6) is 0.355. The first kappa shape index (κ1) is 32.4. The van der Waals surface area contributed by atoms with Gasteiger partial charge in [0.15, 0.2) is 0 Å². The number of pyridine rings is 1. The Balaban J connectivity index is 1.55. The van der Waals surface area contributed by atoms with Crippen LogP contribution in [-0.4, -0.2) is 56.1 Å². The Morgan fingerprint density at radius 3 is 2.34 bits per heavy atom. The van der Waals surface area contributed by atoms with Gasteiger partial charge < -0.3 is 24.7 Å². The largest absolute Gasteiger partial charge is 0.381 e. The number of carbonyl (C=O) groups is 1. The molecule has 44 heavy (non-hydrogen) atoms. The zero-order chi connectivity index (χ0) is 31.2. The number of ether oxygens (including phenoxy) is 2. The van der Waals surface area contributed by atoms with Crippen LogP contribution in [-0.2, 0) is 22.4 Å². The monoisotopic (exact) mass is 617 g/mol. The fourth-order valence-corrected chi connectivity index (χ4v) is 7.26. The second kappa shape index (κ2) is 14.9. The van der Waals surface area contributed by atoms with Crippen molar-refractivity contribution in [3.63, 3.8) is 0 Å². The molecular weight excluding hydrogens is 569 g/mol. The highest BCUT2D eigenvalue weighted by molar-refractivity contribution is 7.16. The van der Waals surface area contributed by atoms with Gasteiger partial charge in [-0.05, 0) is 123 Å². The molecule has 1 unspecified atom stereocenters. The fraction of sp³-hybridized carbons (Fsp3) is 0.500. The van der Waals surface area contributed by atoms with Crippen LogP contribution in [0.1, 0.15) is 82.4 Å². The van der Waals surface area contributed by atoms with Gasteiger partial charge in [-0.15, -0.1) is 9.24 Å². The number of aryl methyl sites for hydroxylation is 3. The molecule has 0 saturated carbocycles. The number of aromatic nitrogens is 1. The van der Waals surface area contributed by atoms with Crippen LogP contribution in [0.15, 0.2) is 41.2 Å². The number of H-pyrrole nitrogens is 1. The number of amides is 1. The molecule has 3 heterocycles. The van der Waals surface area contributed by atoms with Crippen molar-refractivity contribution in [2.24, 2.45) is 0 Å². The van der Waals surface area contributed by atoms with E-state index < -0.39 is 0 Å². The average molecular weight is 618 g/mol. The number of benzene rings is 2. The third-order valence-corrected chi connectivity index (χ3v) is 9.67. The van der Waals surface area contributed by atoms with Crippen molar-refractivity contribution in [3.8, 4) is 11.1 Å². The Kier molecular flexibility index (Phi) is 10.9. The molecule has 2 saturated heterocycles. The predicted octanol–water partition coefficient (Wildman–Crippen LogP) is 6.21. The molecule has 1 atom stereocenters. The van der Waals surface area contributed by atoms with Gasteiger partial charge in [-0.1, -0.05) is 18.2 Å². The molecule has 0 spiro atoms. The van der Waals surface area contributed by atoms with Gasteiger partial charge in [0.25, 0.3) is 11.5 Å². The SMILES string of the molecule is CCN(c1cc(-c2ccc(C3CCOCC3)c(CCP)c2)cc(C(=O)NCc2c(C)cc(C)[nH]c2=O)c1C)C1CCOCC1. The summed E-state index contributed by atoms with van der Waals surface area (Å²) in [5.41, 5.74) is 9.78. The smallest absolute Gasteiger partial charge is 0.253 e. The third kappa shape index (κ3) is 7.28. The van der Waals surface area contributed by atoms with Gasteiger partial charge in [-0.25, -0.2) is 0 Å². The van der Waals surface area contributed by atoms with Crippen molar-refractivity contribution < 1.29 is 14.3 Å². The summed E-state index contributed by atoms with van der Waals surface area (Å²) in [5, 5.41) is 3.07. The Morgan fingerprint density at radius 1 is 0.977 bits per heavy atom. The van der Waals surface area contributed by atoms with E-state index in [1.807, 2.05) is 32.9 Å². The summed E-state index contributed by atoms with van der Waals surface area (Å²) in [6, 6.07) is 13.5. The van der Waals surface area contributed by atoms with Gasteiger partial charge in [-0.3, -0.25) is 9.59 Å². The first-order chi connectivity index (χ1) is 21.3. The molecular formula is C36H48N3O4P. The van der Waals surface area contributed by atoms with Crippen molar-refractivity contribution in [3.05, 3.63) is 85.8 Å². The average Bonchev–Trinajstić information content (AvgIpc) is 3.02. The number of anilines is 1. The van der Waals surface area contributed by atoms with Crippen LogP contribution < -0.4 is 15.8 Å². The van der Waals surface area contributed by atoms with E-state index in [0.29, 0.717) is 23.1 Å². The number of rotatable bonds is 10. The highest BCUT2D eigenvalue weighted by Crippen LogP contribution is 2.37. The molecule has 5 rings (SSSR count). The lowest BCUT2D eigenvalue weighted by Crippen LogP contribution is -2.40. The van der Waals surface area contributed by atoms with E-state index >= 15 is 0 Å².